The van der Waals surface area contributed by atoms with Crippen molar-refractivity contribution >= 4 is 0 Å². The van der Waals surface area contributed by atoms with Crippen LogP contribution in [0.1, 0.15) is 99.3 Å². The Labute approximate surface area is 207 Å². The highest BCUT2D eigenvalue weighted by Gasteiger charge is 2.64. The van der Waals surface area contributed by atoms with Gasteiger partial charge in [0.15, 0.2) is 0 Å². The van der Waals surface area contributed by atoms with Crippen LogP contribution in [0.25, 0.3) is 0 Å². The lowest BCUT2D eigenvalue weighted by Gasteiger charge is -2.63. The average molecular weight is 475 g/mol. The lowest BCUT2D eigenvalue weighted by Crippen LogP contribution is -2.60. The van der Waals surface area contributed by atoms with Gasteiger partial charge in [0.2, 0.25) is 0 Å². The summed E-state index contributed by atoms with van der Waals surface area (Å²) in [5, 5.41) is 43.1. The Kier molecular flexibility index (Phi) is 5.78. The summed E-state index contributed by atoms with van der Waals surface area (Å²) >= 11 is 0. The topological polar surface area (TPSA) is 80.9 Å². The Bertz CT molecular complexity index is 851. The van der Waals surface area contributed by atoms with Crippen molar-refractivity contribution in [2.75, 3.05) is 6.61 Å². The van der Waals surface area contributed by atoms with Crippen molar-refractivity contribution in [3.63, 3.8) is 0 Å². The first-order valence-electron chi connectivity index (χ1n) is 14.1. The molecule has 4 fully saturated rings. The number of hydrogen-bond donors (Lipinski definition) is 4. The molecule has 0 amide bonds. The molecule has 0 saturated heterocycles. The largest absolute Gasteiger partial charge is 0.396 e. The quantitative estimate of drug-likeness (QED) is 0.399. The van der Waals surface area contributed by atoms with Crippen LogP contribution in [0.3, 0.4) is 0 Å². The molecule has 194 valence electrons. The SMILES string of the molecule is CC1(C)[C@H](O)[C@H](O)C[C@]2(C)[C@H]3CC[C@@H]4[C@@]5(C)CC[C@H](O)[C@](C)(CO)[C@@H]5CC[C@@]4(C)C=C3CC[C@@H]12. The van der Waals surface area contributed by atoms with E-state index in [1.54, 1.807) is 5.57 Å². The van der Waals surface area contributed by atoms with Crippen LogP contribution < -0.4 is 0 Å². The number of allylic oxidation sites excluding steroid dienone is 2. The fraction of sp³-hybridized carbons (Fsp3) is 0.933. The summed E-state index contributed by atoms with van der Waals surface area (Å²) in [4.78, 5) is 0. The minimum Gasteiger partial charge on any atom is -0.396 e. The van der Waals surface area contributed by atoms with E-state index in [2.05, 4.69) is 47.6 Å². The van der Waals surface area contributed by atoms with E-state index in [9.17, 15) is 20.4 Å². The molecule has 0 aromatic heterocycles. The van der Waals surface area contributed by atoms with Crippen LogP contribution in [0.4, 0.5) is 0 Å². The molecule has 5 aliphatic carbocycles. The fourth-order valence-electron chi connectivity index (χ4n) is 11.1. The molecule has 0 bridgehead atoms. The molecular weight excluding hydrogens is 424 g/mol. The van der Waals surface area contributed by atoms with Crippen LogP contribution in [-0.4, -0.2) is 45.3 Å². The monoisotopic (exact) mass is 474 g/mol. The van der Waals surface area contributed by atoms with E-state index in [4.69, 9.17) is 0 Å². The van der Waals surface area contributed by atoms with Gasteiger partial charge in [-0.2, -0.15) is 0 Å². The normalized spacial score (nSPS) is 56.8. The average Bonchev–Trinajstić information content (AvgIpc) is 2.92. The van der Waals surface area contributed by atoms with Crippen molar-refractivity contribution in [1.29, 1.82) is 0 Å². The standard InChI is InChI=1S/C30H50O4/c1-26(2)21-9-7-18-15-27(3)13-11-23-28(4,14-12-24(33)30(23,6)17-31)22(27)10-8-19(18)29(21,5)16-20(32)25(26)34/h15,19-25,31-34H,7-14,16-17H2,1-6H3/t19-,20+,21-,22-,23+,24-,25+,27-,28+,29+,30+/m0/s1. The van der Waals surface area contributed by atoms with Crippen LogP contribution in [-0.2, 0) is 0 Å². The van der Waals surface area contributed by atoms with Crippen molar-refractivity contribution in [3.05, 3.63) is 11.6 Å². The molecule has 34 heavy (non-hydrogen) atoms. The van der Waals surface area contributed by atoms with Gasteiger partial charge in [-0.25, -0.2) is 0 Å². The smallest absolute Gasteiger partial charge is 0.0852 e. The molecule has 0 spiro atoms. The molecule has 5 aliphatic rings. The maximum atomic E-state index is 10.9. The number of aliphatic hydroxyl groups is 4. The first-order valence-corrected chi connectivity index (χ1v) is 14.1. The molecule has 0 unspecified atom stereocenters. The third-order valence-corrected chi connectivity index (χ3v) is 12.9. The maximum Gasteiger partial charge on any atom is 0.0852 e. The molecule has 4 heteroatoms. The maximum absolute atomic E-state index is 10.9. The molecule has 0 aromatic carbocycles. The Morgan fingerprint density at radius 1 is 0.794 bits per heavy atom. The van der Waals surface area contributed by atoms with E-state index in [0.29, 0.717) is 30.1 Å². The summed E-state index contributed by atoms with van der Waals surface area (Å²) in [6, 6.07) is 0. The Morgan fingerprint density at radius 3 is 2.18 bits per heavy atom. The number of fused-ring (bicyclic) bond motifs is 6. The summed E-state index contributed by atoms with van der Waals surface area (Å²) in [6.07, 6.45) is 10.2. The lowest BCUT2D eigenvalue weighted by atomic mass is 9.42. The van der Waals surface area contributed by atoms with Gasteiger partial charge in [-0.05, 0) is 103 Å². The van der Waals surface area contributed by atoms with E-state index < -0.39 is 23.7 Å². The van der Waals surface area contributed by atoms with Crippen molar-refractivity contribution in [2.45, 2.75) is 118 Å². The van der Waals surface area contributed by atoms with Gasteiger partial charge in [-0.1, -0.05) is 53.2 Å². The van der Waals surface area contributed by atoms with E-state index in [1.165, 1.54) is 6.42 Å². The second kappa shape index (κ2) is 7.79. The summed E-state index contributed by atoms with van der Waals surface area (Å²) in [5.41, 5.74) is 1.21. The predicted molar refractivity (Wildman–Crippen MR) is 135 cm³/mol. The zero-order chi connectivity index (χ0) is 24.9. The zero-order valence-electron chi connectivity index (χ0n) is 22.5. The highest BCUT2D eigenvalue weighted by Crippen LogP contribution is 2.69. The van der Waals surface area contributed by atoms with Crippen LogP contribution in [0.15, 0.2) is 11.6 Å². The van der Waals surface area contributed by atoms with Gasteiger partial charge in [0.25, 0.3) is 0 Å². The molecule has 0 radical (unpaired) electrons. The zero-order valence-corrected chi connectivity index (χ0v) is 22.5. The van der Waals surface area contributed by atoms with Crippen LogP contribution in [0.5, 0.6) is 0 Å². The lowest BCUT2D eigenvalue weighted by molar-refractivity contribution is -0.186. The van der Waals surface area contributed by atoms with Crippen LogP contribution in [0.2, 0.25) is 0 Å². The Hall–Kier alpha value is -0.420. The summed E-state index contributed by atoms with van der Waals surface area (Å²) in [5.74, 6) is 1.78. The van der Waals surface area contributed by atoms with Crippen molar-refractivity contribution in [3.8, 4) is 0 Å². The highest BCUT2D eigenvalue weighted by molar-refractivity contribution is 5.27. The second-order valence-electron chi connectivity index (χ2n) is 14.9. The van der Waals surface area contributed by atoms with Crippen molar-refractivity contribution in [1.82, 2.24) is 0 Å². The van der Waals surface area contributed by atoms with Crippen molar-refractivity contribution in [2.24, 2.45) is 50.7 Å². The molecule has 0 aliphatic heterocycles. The molecule has 4 nitrogen and oxygen atoms in total. The minimum absolute atomic E-state index is 0.0127. The predicted octanol–water partition coefficient (Wildman–Crippen LogP) is 5.08. The van der Waals surface area contributed by atoms with Crippen molar-refractivity contribution < 1.29 is 20.4 Å². The highest BCUT2D eigenvalue weighted by atomic mass is 16.3. The van der Waals surface area contributed by atoms with E-state index in [1.807, 2.05) is 0 Å². The van der Waals surface area contributed by atoms with Gasteiger partial charge in [-0.3, -0.25) is 0 Å². The molecule has 11 atom stereocenters. The molecular formula is C30H50O4. The summed E-state index contributed by atoms with van der Waals surface area (Å²) in [7, 11) is 0. The third-order valence-electron chi connectivity index (χ3n) is 12.9. The number of hydrogen-bond acceptors (Lipinski definition) is 4. The van der Waals surface area contributed by atoms with Gasteiger partial charge in [0.1, 0.15) is 0 Å². The first-order chi connectivity index (χ1) is 15.7. The van der Waals surface area contributed by atoms with E-state index in [-0.39, 0.29) is 28.3 Å². The summed E-state index contributed by atoms with van der Waals surface area (Å²) < 4.78 is 0. The van der Waals surface area contributed by atoms with Gasteiger partial charge < -0.3 is 20.4 Å². The van der Waals surface area contributed by atoms with E-state index >= 15 is 0 Å². The van der Waals surface area contributed by atoms with Gasteiger partial charge in [0.05, 0.1) is 24.9 Å². The Morgan fingerprint density at radius 2 is 1.50 bits per heavy atom. The fourth-order valence-corrected chi connectivity index (χ4v) is 11.1. The van der Waals surface area contributed by atoms with Gasteiger partial charge in [0, 0.05) is 5.41 Å². The summed E-state index contributed by atoms with van der Waals surface area (Å²) in [6.45, 7) is 13.9. The van der Waals surface area contributed by atoms with Crippen LogP contribution in [0, 0.1) is 50.7 Å². The van der Waals surface area contributed by atoms with E-state index in [0.717, 1.165) is 44.9 Å². The number of aliphatic hydroxyl groups excluding tert-OH is 4. The van der Waals surface area contributed by atoms with Gasteiger partial charge >= 0.3 is 0 Å². The van der Waals surface area contributed by atoms with Crippen LogP contribution >= 0.6 is 0 Å². The molecule has 0 aromatic rings. The molecule has 0 heterocycles. The second-order valence-corrected chi connectivity index (χ2v) is 14.9. The number of rotatable bonds is 1. The molecule has 4 saturated carbocycles. The molecule has 5 rings (SSSR count). The molecule has 4 N–H and O–H groups in total. The van der Waals surface area contributed by atoms with Gasteiger partial charge in [-0.15, -0.1) is 0 Å². The minimum atomic E-state index is -0.649. The first kappa shape index (κ1) is 25.2. The Balaban J connectivity index is 1.52. The third kappa shape index (κ3) is 3.17.